The van der Waals surface area contributed by atoms with E-state index in [9.17, 15) is 0 Å². The number of carboxylic acids is 8. The molecule has 0 unspecified atom stereocenters. The molecule has 0 aliphatic carbocycles. The van der Waals surface area contributed by atoms with Gasteiger partial charge in [-0.1, -0.05) is 0 Å². The van der Waals surface area contributed by atoms with E-state index < -0.39 is 47.8 Å². The monoisotopic (exact) mass is 484 g/mol. The minimum Gasteiger partial charge on any atom is -0.873 e. The van der Waals surface area contributed by atoms with Crippen molar-refractivity contribution >= 4 is 47.8 Å². The first-order valence-corrected chi connectivity index (χ1v) is 4.27. The molecule has 17 nitrogen and oxygen atoms in total. The van der Waals surface area contributed by atoms with Crippen LogP contribution in [0.5, 0.6) is 0 Å². The van der Waals surface area contributed by atoms with Gasteiger partial charge in [0.2, 0.25) is 0 Å². The van der Waals surface area contributed by atoms with Gasteiger partial charge in [-0.2, -0.15) is 0 Å². The van der Waals surface area contributed by atoms with Gasteiger partial charge in [-0.15, -0.1) is 0 Å². The first-order valence-electron chi connectivity index (χ1n) is 4.27. The first kappa shape index (κ1) is 44.0. The van der Waals surface area contributed by atoms with Crippen LogP contribution in [0.4, 0.5) is 0 Å². The third kappa shape index (κ3) is 60.0. The van der Waals surface area contributed by atoms with Crippen LogP contribution in [-0.4, -0.2) is 47.8 Å². The summed E-state index contributed by atoms with van der Waals surface area (Å²) in [7, 11) is 0. The first-order chi connectivity index (χ1) is 10.6. The molecule has 0 bridgehead atoms. The van der Waals surface area contributed by atoms with Gasteiger partial charge < -0.3 is 84.7 Å². The molecule has 0 aliphatic rings. The van der Waals surface area contributed by atoms with Crippen molar-refractivity contribution in [3.05, 3.63) is 0 Å². The maximum atomic E-state index is 8.93. The Morgan fingerprint density at radius 1 is 0.333 bits per heavy atom. The topological polar surface area (TPSA) is 356 Å². The summed E-state index contributed by atoms with van der Waals surface area (Å²) in [6, 6.07) is 0. The molecule has 0 rings (SSSR count). The Bertz CT molecular complexity index is 395. The van der Waals surface area contributed by atoms with Crippen molar-refractivity contribution in [3.63, 3.8) is 0 Å². The summed E-state index contributed by atoms with van der Waals surface area (Å²) < 4.78 is 0. The van der Waals surface area contributed by atoms with Gasteiger partial charge in [0.05, 0.1) is 47.8 Å². The fourth-order valence-electron chi connectivity index (χ4n) is 0. The average molecular weight is 485 g/mol. The van der Waals surface area contributed by atoms with Crippen molar-refractivity contribution in [1.82, 2.24) is 0 Å². The predicted octanol–water partition coefficient (Wildman–Crippen LogP) is -15.2. The van der Waals surface area contributed by atoms with E-state index in [1.54, 1.807) is 0 Å². The van der Waals surface area contributed by atoms with Gasteiger partial charge in [0.15, 0.2) is 0 Å². The molecular formula is C8H4O17TiZn. The molecule has 0 radical (unpaired) electrons. The van der Waals surface area contributed by atoms with E-state index in [0.29, 0.717) is 0 Å². The number of carbonyl (C=O) groups is 8. The van der Waals surface area contributed by atoms with E-state index in [-0.39, 0.29) is 46.7 Å². The summed E-state index contributed by atoms with van der Waals surface area (Å²) in [5.41, 5.74) is 0. The Labute approximate surface area is 173 Å². The number of carbonyl (C=O) groups excluding carboxylic acids is 8. The van der Waals surface area contributed by atoms with Crippen LogP contribution in [0.3, 0.4) is 0 Å². The minimum atomic E-state index is -2.19. The molecule has 0 saturated heterocycles. The van der Waals surface area contributed by atoms with Gasteiger partial charge in [-0.3, -0.25) is 0 Å². The summed E-state index contributed by atoms with van der Waals surface area (Å²) in [6.07, 6.45) is 0. The number of rotatable bonds is 0. The van der Waals surface area contributed by atoms with Gasteiger partial charge in [0.1, 0.15) is 0 Å². The third-order valence-electron chi connectivity index (χ3n) is 0.667. The van der Waals surface area contributed by atoms with Crippen molar-refractivity contribution in [2.75, 3.05) is 0 Å². The molecule has 144 valence electrons. The molecule has 0 fully saturated rings. The molecule has 0 amide bonds. The molecular weight excluding hydrogens is 481 g/mol. The molecule has 0 atom stereocenters. The maximum Gasteiger partial charge on any atom is 4.00 e. The Balaban J connectivity index is -0.0000000381. The Kier molecular flexibility index (Phi) is 41.2. The number of hydrogen-bond donors (Lipinski definition) is 0. The minimum absolute atomic E-state index is 0. The molecule has 27 heavy (non-hydrogen) atoms. The van der Waals surface area contributed by atoms with Crippen LogP contribution < -0.4 is 40.9 Å². The van der Waals surface area contributed by atoms with E-state index in [4.69, 9.17) is 79.2 Å². The van der Waals surface area contributed by atoms with Crippen molar-refractivity contribution in [2.45, 2.75) is 0 Å². The van der Waals surface area contributed by atoms with Gasteiger partial charge in [-0.05, 0) is 0 Å². The standard InChI is InChI=1S/4C2H2O4.H4O.Ti.Zn/c4*3-1(4)2(5)6;;;/h4*(H,3,4)(H,5,6);1H4;;/q;;;;+2;+4;+2/p-8. The van der Waals surface area contributed by atoms with Crippen molar-refractivity contribution in [2.24, 2.45) is 0 Å². The van der Waals surface area contributed by atoms with Crippen LogP contribution in [0.25, 0.3) is 0 Å². The molecule has 0 aromatic carbocycles. The van der Waals surface area contributed by atoms with E-state index in [1.807, 2.05) is 0 Å². The zero-order valence-electron chi connectivity index (χ0n) is 12.4. The second-order valence-electron chi connectivity index (χ2n) is 2.30. The molecule has 0 saturated carbocycles. The van der Waals surface area contributed by atoms with Crippen molar-refractivity contribution in [1.29, 1.82) is 0 Å². The van der Waals surface area contributed by atoms with E-state index in [0.717, 1.165) is 0 Å². The molecule has 4 N–H and O–H groups in total. The normalized spacial score (nSPS) is 6.52. The van der Waals surface area contributed by atoms with Crippen molar-refractivity contribution < 1.29 is 126 Å². The molecule has 19 heteroatoms. The van der Waals surface area contributed by atoms with E-state index in [2.05, 4.69) is 0 Å². The van der Waals surface area contributed by atoms with Gasteiger partial charge in [0.25, 0.3) is 0 Å². The summed E-state index contributed by atoms with van der Waals surface area (Å²) in [4.78, 5) is 71.4. The van der Waals surface area contributed by atoms with Crippen molar-refractivity contribution in [3.8, 4) is 0 Å². The quantitative estimate of drug-likeness (QED) is 0.227. The van der Waals surface area contributed by atoms with Crippen LogP contribution in [-0.2, 0) is 85.0 Å². The summed E-state index contributed by atoms with van der Waals surface area (Å²) in [5.74, 6) is -17.5. The van der Waals surface area contributed by atoms with Crippen LogP contribution in [0.15, 0.2) is 0 Å². The Morgan fingerprint density at radius 3 is 0.370 bits per heavy atom. The van der Waals surface area contributed by atoms with Crippen LogP contribution in [0.1, 0.15) is 0 Å². The zero-order chi connectivity index (χ0) is 20.6. The average Bonchev–Trinajstić information content (AvgIpc) is 2.40. The van der Waals surface area contributed by atoms with E-state index in [1.165, 1.54) is 0 Å². The zero-order valence-corrected chi connectivity index (χ0v) is 17.0. The SMILES string of the molecule is O=C([O-])C(=O)[O-].O=C([O-])C(=O)[O-].O=C([O-])C(=O)[O-].O=C([O-])C(=O)[O-].[OH4+2].[Ti+4].[Zn+2]. The van der Waals surface area contributed by atoms with Gasteiger partial charge >= 0.3 is 41.2 Å². The molecule has 0 aromatic rings. The maximum absolute atomic E-state index is 8.93. The van der Waals surface area contributed by atoms with Gasteiger partial charge in [-0.25, -0.2) is 0 Å². The van der Waals surface area contributed by atoms with E-state index >= 15 is 0 Å². The Morgan fingerprint density at radius 2 is 0.370 bits per heavy atom. The number of aliphatic carboxylic acids is 8. The predicted molar refractivity (Wildman–Crippen MR) is 46.3 cm³/mol. The number of carboxylic acid groups (broad SMARTS) is 8. The molecule has 0 aliphatic heterocycles. The molecule has 0 spiro atoms. The summed E-state index contributed by atoms with van der Waals surface area (Å²) >= 11 is 0. The van der Waals surface area contributed by atoms with Crippen LogP contribution in [0, 0.1) is 0 Å². The summed E-state index contributed by atoms with van der Waals surface area (Å²) in [6.45, 7) is 0. The summed E-state index contributed by atoms with van der Waals surface area (Å²) in [5, 5.41) is 71.4. The smallest absolute Gasteiger partial charge is 0.873 e. The fourth-order valence-corrected chi connectivity index (χ4v) is 0. The van der Waals surface area contributed by atoms with Gasteiger partial charge in [0, 0.05) is 0 Å². The third-order valence-corrected chi connectivity index (χ3v) is 0.667. The fraction of sp³-hybridized carbons (Fsp3) is 0. The molecule has 0 heterocycles. The van der Waals surface area contributed by atoms with Crippen LogP contribution in [0.2, 0.25) is 0 Å². The molecule has 0 aromatic heterocycles. The largest absolute Gasteiger partial charge is 4.00 e. The second kappa shape index (κ2) is 25.3. The Hall–Kier alpha value is -2.94. The van der Waals surface area contributed by atoms with Crippen LogP contribution >= 0.6 is 0 Å². The second-order valence-corrected chi connectivity index (χ2v) is 2.30. The number of hydrogen-bond acceptors (Lipinski definition) is 16.